The molecule has 1 aromatic heterocycles. The molecule has 5 rings (SSSR count). The molecule has 2 unspecified atom stereocenters. The summed E-state index contributed by atoms with van der Waals surface area (Å²) >= 11 is 0. The fourth-order valence-electron chi connectivity index (χ4n) is 5.20. The van der Waals surface area contributed by atoms with E-state index in [1.807, 2.05) is 5.01 Å². The Bertz CT molecular complexity index is 1030. The van der Waals surface area contributed by atoms with Crippen LogP contribution in [0, 0.1) is 0 Å². The number of allylic oxidation sites excluding steroid dienone is 1. The van der Waals surface area contributed by atoms with Gasteiger partial charge in [-0.15, -0.1) is 0 Å². The first-order chi connectivity index (χ1) is 15.4. The number of carbonyl (C=O) groups is 2. The molecule has 1 aromatic rings. The zero-order valence-electron chi connectivity index (χ0n) is 18.5. The Balaban J connectivity index is 1.61. The summed E-state index contributed by atoms with van der Waals surface area (Å²) in [5.41, 5.74) is 6.06. The number of pyridine rings is 1. The fourth-order valence-corrected chi connectivity index (χ4v) is 5.20. The van der Waals surface area contributed by atoms with Gasteiger partial charge in [-0.05, 0) is 56.6 Å². The first-order valence-electron chi connectivity index (χ1n) is 11.3. The number of aliphatic carboxylic acids is 1. The van der Waals surface area contributed by atoms with Gasteiger partial charge in [0.1, 0.15) is 11.3 Å². The minimum Gasteiger partial charge on any atom is -0.492 e. The molecule has 0 spiro atoms. The van der Waals surface area contributed by atoms with Crippen molar-refractivity contribution in [3.63, 3.8) is 0 Å². The summed E-state index contributed by atoms with van der Waals surface area (Å²) < 4.78 is 11.3. The summed E-state index contributed by atoms with van der Waals surface area (Å²) in [6, 6.07) is 2.13. The van der Waals surface area contributed by atoms with E-state index in [1.54, 1.807) is 7.11 Å². The van der Waals surface area contributed by atoms with Gasteiger partial charge >= 0.3 is 5.97 Å². The first kappa shape index (κ1) is 21.0. The quantitative estimate of drug-likeness (QED) is 0.494. The lowest BCUT2D eigenvalue weighted by atomic mass is 9.93. The molecule has 0 radical (unpaired) electrons. The standard InChI is InChI=1S/C24H29N3O5/c1-24-7-6-15(12-24)16-10-20(32-9-3-8-31-2)21(14-4-5-14)26-22(16)18-11-19(28)17(23(29)30)13-25-27(18)24/h10-11,13-15,25H,3-9,12H2,1-2H3,(H,29,30). The van der Waals surface area contributed by atoms with Crippen LogP contribution in [0.25, 0.3) is 5.70 Å². The minimum atomic E-state index is -1.24. The third kappa shape index (κ3) is 3.56. The predicted octanol–water partition coefficient (Wildman–Crippen LogP) is 3.11. The molecule has 8 heteroatoms. The highest BCUT2D eigenvalue weighted by molar-refractivity contribution is 6.23. The molecule has 3 heterocycles. The second-order valence-corrected chi connectivity index (χ2v) is 9.44. The number of carbonyl (C=O) groups excluding carboxylic acids is 1. The number of ketones is 1. The van der Waals surface area contributed by atoms with Gasteiger partial charge in [0.05, 0.1) is 29.2 Å². The number of nitrogens with one attached hydrogen (secondary N) is 1. The first-order valence-corrected chi connectivity index (χ1v) is 11.3. The van der Waals surface area contributed by atoms with Gasteiger partial charge < -0.3 is 20.0 Å². The Morgan fingerprint density at radius 2 is 2.12 bits per heavy atom. The average Bonchev–Trinajstić information content (AvgIpc) is 3.56. The molecule has 2 aliphatic heterocycles. The monoisotopic (exact) mass is 439 g/mol. The van der Waals surface area contributed by atoms with Crippen molar-refractivity contribution in [2.24, 2.45) is 0 Å². The van der Waals surface area contributed by atoms with Gasteiger partial charge in [-0.1, -0.05) is 0 Å². The average molecular weight is 440 g/mol. The number of carboxylic acid groups (broad SMARTS) is 1. The SMILES string of the molecule is COCCCOc1cc2c(nc1C1CC1)C1=CC(=O)C(C(=O)O)=CNN1C1(C)CCC2C1. The van der Waals surface area contributed by atoms with Crippen LogP contribution in [-0.2, 0) is 14.3 Å². The molecule has 2 saturated carbocycles. The largest absolute Gasteiger partial charge is 0.492 e. The summed E-state index contributed by atoms with van der Waals surface area (Å²) in [6.07, 6.45) is 8.53. The van der Waals surface area contributed by atoms with E-state index >= 15 is 0 Å². The fraction of sp³-hybridized carbons (Fsp3) is 0.542. The lowest BCUT2D eigenvalue weighted by Gasteiger charge is -2.40. The van der Waals surface area contributed by atoms with Gasteiger partial charge in [0.15, 0.2) is 5.78 Å². The smallest absolute Gasteiger partial charge is 0.341 e. The molecule has 4 aliphatic rings. The zero-order chi connectivity index (χ0) is 22.5. The van der Waals surface area contributed by atoms with Crippen LogP contribution >= 0.6 is 0 Å². The van der Waals surface area contributed by atoms with Gasteiger partial charge in [0, 0.05) is 38.3 Å². The molecule has 0 amide bonds. The summed E-state index contributed by atoms with van der Waals surface area (Å²) in [6.45, 7) is 3.37. The highest BCUT2D eigenvalue weighted by Crippen LogP contribution is 2.53. The van der Waals surface area contributed by atoms with Crippen molar-refractivity contribution < 1.29 is 24.2 Å². The van der Waals surface area contributed by atoms with Crippen molar-refractivity contribution >= 4 is 17.4 Å². The highest BCUT2D eigenvalue weighted by Gasteiger charge is 2.48. The summed E-state index contributed by atoms with van der Waals surface area (Å²) in [4.78, 5) is 29.5. The van der Waals surface area contributed by atoms with E-state index in [9.17, 15) is 14.7 Å². The molecule has 32 heavy (non-hydrogen) atoms. The second-order valence-electron chi connectivity index (χ2n) is 9.44. The zero-order valence-corrected chi connectivity index (χ0v) is 18.5. The number of fused-ring (bicyclic) bond motifs is 7. The number of methoxy groups -OCH3 is 1. The molecule has 2 bridgehead atoms. The van der Waals surface area contributed by atoms with Crippen LogP contribution < -0.4 is 10.2 Å². The molecule has 8 nitrogen and oxygen atoms in total. The minimum absolute atomic E-state index is 0.249. The Labute approximate surface area is 187 Å². The Kier molecular flexibility index (Phi) is 5.20. The molecule has 170 valence electrons. The van der Waals surface area contributed by atoms with Gasteiger partial charge in [0.25, 0.3) is 0 Å². The van der Waals surface area contributed by atoms with Crippen LogP contribution in [0.1, 0.15) is 74.2 Å². The number of carboxylic acids is 1. The molecule has 0 saturated heterocycles. The van der Waals surface area contributed by atoms with Gasteiger partial charge in [-0.3, -0.25) is 9.80 Å². The van der Waals surface area contributed by atoms with Crippen LogP contribution in [0.15, 0.2) is 23.9 Å². The maximum absolute atomic E-state index is 12.8. The third-order valence-electron chi connectivity index (χ3n) is 7.04. The normalized spacial score (nSPS) is 26.2. The van der Waals surface area contributed by atoms with Crippen molar-refractivity contribution in [1.29, 1.82) is 0 Å². The van der Waals surface area contributed by atoms with Crippen molar-refractivity contribution in [1.82, 2.24) is 15.4 Å². The summed E-state index contributed by atoms with van der Waals surface area (Å²) in [5.74, 6) is -0.250. The van der Waals surface area contributed by atoms with Crippen LogP contribution in [0.3, 0.4) is 0 Å². The molecule has 0 aromatic carbocycles. The van der Waals surface area contributed by atoms with E-state index in [-0.39, 0.29) is 11.1 Å². The lowest BCUT2D eigenvalue weighted by Crippen LogP contribution is -2.48. The van der Waals surface area contributed by atoms with Gasteiger partial charge in [0.2, 0.25) is 0 Å². The molecular weight excluding hydrogens is 410 g/mol. The predicted molar refractivity (Wildman–Crippen MR) is 117 cm³/mol. The van der Waals surface area contributed by atoms with Crippen molar-refractivity contribution in [3.8, 4) is 5.75 Å². The van der Waals surface area contributed by atoms with E-state index in [0.29, 0.717) is 30.7 Å². The summed E-state index contributed by atoms with van der Waals surface area (Å²) in [7, 11) is 1.68. The van der Waals surface area contributed by atoms with E-state index in [4.69, 9.17) is 14.5 Å². The molecule has 2 N–H and O–H groups in total. The Hall–Kier alpha value is -2.87. The molecule has 2 aliphatic carbocycles. The maximum Gasteiger partial charge on any atom is 0.341 e. The number of hydrogen-bond acceptors (Lipinski definition) is 7. The van der Waals surface area contributed by atoms with Crippen LogP contribution in [0.5, 0.6) is 5.75 Å². The van der Waals surface area contributed by atoms with Crippen molar-refractivity contribution in [3.05, 3.63) is 40.9 Å². The second kappa shape index (κ2) is 7.92. The van der Waals surface area contributed by atoms with E-state index in [1.165, 1.54) is 12.3 Å². The van der Waals surface area contributed by atoms with Gasteiger partial charge in [-0.25, -0.2) is 9.78 Å². The lowest BCUT2D eigenvalue weighted by molar-refractivity contribution is -0.134. The van der Waals surface area contributed by atoms with Crippen molar-refractivity contribution in [2.45, 2.75) is 62.8 Å². The van der Waals surface area contributed by atoms with Gasteiger partial charge in [-0.2, -0.15) is 0 Å². The van der Waals surface area contributed by atoms with E-state index in [2.05, 4.69) is 18.4 Å². The molecular formula is C24H29N3O5. The molecule has 2 fully saturated rings. The number of hydrazine groups is 1. The van der Waals surface area contributed by atoms with Crippen LogP contribution in [-0.4, -0.2) is 52.7 Å². The van der Waals surface area contributed by atoms with Crippen LogP contribution in [0.4, 0.5) is 0 Å². The number of nitrogens with zero attached hydrogens (tertiary/aromatic N) is 2. The van der Waals surface area contributed by atoms with Crippen LogP contribution in [0.2, 0.25) is 0 Å². The topological polar surface area (TPSA) is 101 Å². The number of rotatable bonds is 7. The highest BCUT2D eigenvalue weighted by atomic mass is 16.5. The number of hydrogen-bond donors (Lipinski definition) is 2. The number of ether oxygens (including phenoxy) is 2. The van der Waals surface area contributed by atoms with E-state index in [0.717, 1.165) is 61.2 Å². The van der Waals surface area contributed by atoms with E-state index < -0.39 is 11.8 Å². The maximum atomic E-state index is 12.8. The van der Waals surface area contributed by atoms with Crippen molar-refractivity contribution in [2.75, 3.05) is 20.3 Å². The third-order valence-corrected chi connectivity index (χ3v) is 7.04. The summed E-state index contributed by atoms with van der Waals surface area (Å²) in [5, 5.41) is 11.4. The Morgan fingerprint density at radius 1 is 1.31 bits per heavy atom. The number of aromatic nitrogens is 1. The molecule has 2 atom stereocenters. The Morgan fingerprint density at radius 3 is 2.84 bits per heavy atom.